The Morgan fingerprint density at radius 1 is 0.733 bits per heavy atom. The number of benzene rings is 3. The van der Waals surface area contributed by atoms with E-state index in [1.54, 1.807) is 12.1 Å². The van der Waals surface area contributed by atoms with E-state index in [1.165, 1.54) is 0 Å². The van der Waals surface area contributed by atoms with E-state index in [0.717, 1.165) is 11.1 Å². The van der Waals surface area contributed by atoms with Gasteiger partial charge in [-0.3, -0.25) is 0 Å². The quantitative estimate of drug-likeness (QED) is 0.458. The minimum Gasteiger partial charge on any atom is -0.507 e. The summed E-state index contributed by atoms with van der Waals surface area (Å²) in [7, 11) is 0. The van der Waals surface area contributed by atoms with Gasteiger partial charge in [0.15, 0.2) is 17.5 Å². The normalized spacial score (nSPS) is 10.9. The Hall–Kier alpha value is -3.73. The van der Waals surface area contributed by atoms with Gasteiger partial charge in [0.2, 0.25) is 0 Å². The smallest absolute Gasteiger partial charge is 0.167 e. The van der Waals surface area contributed by atoms with Crippen molar-refractivity contribution in [2.75, 3.05) is 6.61 Å². The van der Waals surface area contributed by atoms with Crippen LogP contribution in [0.4, 0.5) is 0 Å². The monoisotopic (exact) mass is 397 g/mol. The lowest BCUT2D eigenvalue weighted by Crippen LogP contribution is -2.04. The molecular weight excluding hydrogens is 374 g/mol. The number of aromatic hydroxyl groups is 1. The average molecular weight is 397 g/mol. The Labute approximate surface area is 176 Å². The molecule has 0 aliphatic carbocycles. The van der Waals surface area contributed by atoms with Crippen LogP contribution in [0, 0.1) is 5.92 Å². The number of rotatable bonds is 6. The summed E-state index contributed by atoms with van der Waals surface area (Å²) in [6.07, 6.45) is 0. The largest absolute Gasteiger partial charge is 0.507 e. The first-order chi connectivity index (χ1) is 14.6. The van der Waals surface area contributed by atoms with Crippen LogP contribution in [0.25, 0.3) is 34.2 Å². The third-order valence-electron chi connectivity index (χ3n) is 4.49. The molecule has 0 bridgehead atoms. The summed E-state index contributed by atoms with van der Waals surface area (Å²) in [6.45, 7) is 4.74. The van der Waals surface area contributed by atoms with Crippen molar-refractivity contribution in [3.05, 3.63) is 78.9 Å². The summed E-state index contributed by atoms with van der Waals surface area (Å²) in [5, 5.41) is 10.7. The van der Waals surface area contributed by atoms with Gasteiger partial charge in [0, 0.05) is 17.2 Å². The molecule has 1 N–H and O–H groups in total. The van der Waals surface area contributed by atoms with Crippen LogP contribution in [0.5, 0.6) is 11.5 Å². The van der Waals surface area contributed by atoms with Crippen molar-refractivity contribution < 1.29 is 9.84 Å². The van der Waals surface area contributed by atoms with Crippen LogP contribution in [0.15, 0.2) is 78.9 Å². The Kier molecular flexibility index (Phi) is 5.70. The second kappa shape index (κ2) is 8.74. The minimum absolute atomic E-state index is 0.0699. The van der Waals surface area contributed by atoms with Gasteiger partial charge in [0.05, 0.1) is 12.2 Å². The Bertz CT molecular complexity index is 1070. The molecule has 0 amide bonds. The van der Waals surface area contributed by atoms with Crippen molar-refractivity contribution in [3.63, 3.8) is 0 Å². The van der Waals surface area contributed by atoms with Gasteiger partial charge in [-0.15, -0.1) is 0 Å². The Morgan fingerprint density at radius 2 is 1.27 bits per heavy atom. The lowest BCUT2D eigenvalue weighted by atomic mass is 10.1. The molecule has 0 unspecified atom stereocenters. The lowest BCUT2D eigenvalue weighted by Gasteiger charge is -2.12. The molecule has 30 heavy (non-hydrogen) atoms. The maximum atomic E-state index is 10.7. The molecule has 0 aliphatic heterocycles. The maximum Gasteiger partial charge on any atom is 0.167 e. The van der Waals surface area contributed by atoms with Crippen LogP contribution in [-0.4, -0.2) is 26.7 Å². The van der Waals surface area contributed by atoms with E-state index < -0.39 is 0 Å². The molecule has 0 saturated carbocycles. The van der Waals surface area contributed by atoms with Gasteiger partial charge in [0.25, 0.3) is 0 Å². The van der Waals surface area contributed by atoms with Crippen molar-refractivity contribution in [2.24, 2.45) is 5.92 Å². The Morgan fingerprint density at radius 3 is 1.77 bits per heavy atom. The summed E-state index contributed by atoms with van der Waals surface area (Å²) >= 11 is 0. The van der Waals surface area contributed by atoms with Gasteiger partial charge in [-0.2, -0.15) is 0 Å². The maximum absolute atomic E-state index is 10.7. The average Bonchev–Trinajstić information content (AvgIpc) is 2.78. The van der Waals surface area contributed by atoms with E-state index in [1.807, 2.05) is 66.7 Å². The number of phenols is 1. The number of ether oxygens (including phenoxy) is 1. The molecule has 0 atom stereocenters. The number of aromatic nitrogens is 3. The molecule has 3 aromatic carbocycles. The van der Waals surface area contributed by atoms with E-state index >= 15 is 0 Å². The third kappa shape index (κ3) is 4.46. The van der Waals surface area contributed by atoms with Crippen LogP contribution in [-0.2, 0) is 0 Å². The van der Waals surface area contributed by atoms with E-state index in [9.17, 15) is 5.11 Å². The molecule has 1 heterocycles. The predicted molar refractivity (Wildman–Crippen MR) is 118 cm³/mol. The van der Waals surface area contributed by atoms with Crippen LogP contribution >= 0.6 is 0 Å². The first kappa shape index (κ1) is 19.6. The molecule has 0 spiro atoms. The minimum atomic E-state index is 0.0699. The van der Waals surface area contributed by atoms with Gasteiger partial charge in [-0.25, -0.2) is 15.0 Å². The SMILES string of the molecule is CC(C)COc1ccc(-c2nc(-c3ccccc3)nc(-c3ccccc3)n2)c(O)c1. The number of nitrogens with zero attached hydrogens (tertiary/aromatic N) is 3. The molecule has 4 rings (SSSR count). The number of hydrogen-bond acceptors (Lipinski definition) is 5. The van der Waals surface area contributed by atoms with Gasteiger partial charge >= 0.3 is 0 Å². The van der Waals surface area contributed by atoms with Crippen LogP contribution in [0.2, 0.25) is 0 Å². The highest BCUT2D eigenvalue weighted by atomic mass is 16.5. The van der Waals surface area contributed by atoms with Crippen molar-refractivity contribution in [2.45, 2.75) is 13.8 Å². The van der Waals surface area contributed by atoms with Gasteiger partial charge in [-0.05, 0) is 18.1 Å². The highest BCUT2D eigenvalue weighted by Gasteiger charge is 2.15. The third-order valence-corrected chi connectivity index (χ3v) is 4.49. The van der Waals surface area contributed by atoms with Gasteiger partial charge < -0.3 is 9.84 Å². The van der Waals surface area contributed by atoms with E-state index in [2.05, 4.69) is 28.8 Å². The molecule has 150 valence electrons. The fraction of sp³-hybridized carbons (Fsp3) is 0.160. The van der Waals surface area contributed by atoms with Crippen molar-refractivity contribution >= 4 is 0 Å². The first-order valence-corrected chi connectivity index (χ1v) is 9.93. The van der Waals surface area contributed by atoms with Crippen LogP contribution in [0.1, 0.15) is 13.8 Å². The predicted octanol–water partition coefficient (Wildman–Crippen LogP) is 5.61. The first-order valence-electron chi connectivity index (χ1n) is 9.93. The summed E-state index contributed by atoms with van der Waals surface area (Å²) in [5.41, 5.74) is 2.30. The van der Waals surface area contributed by atoms with Crippen molar-refractivity contribution in [1.82, 2.24) is 15.0 Å². The molecule has 5 nitrogen and oxygen atoms in total. The topological polar surface area (TPSA) is 68.1 Å². The van der Waals surface area contributed by atoms with Gasteiger partial charge in [0.1, 0.15) is 11.5 Å². The standard InChI is InChI=1S/C25H23N3O2/c1-17(2)16-30-20-13-14-21(22(29)15-20)25-27-23(18-9-5-3-6-10-18)26-24(28-25)19-11-7-4-8-12-19/h3-15,17,29H,16H2,1-2H3. The zero-order valence-corrected chi connectivity index (χ0v) is 17.0. The molecule has 1 aromatic heterocycles. The van der Waals surface area contributed by atoms with E-state index in [0.29, 0.717) is 41.3 Å². The molecule has 0 radical (unpaired) electrons. The number of hydrogen-bond donors (Lipinski definition) is 1. The second-order valence-corrected chi connectivity index (χ2v) is 7.42. The summed E-state index contributed by atoms with van der Waals surface area (Å²) in [4.78, 5) is 13.9. The summed E-state index contributed by atoms with van der Waals surface area (Å²) in [5.74, 6) is 2.61. The fourth-order valence-corrected chi connectivity index (χ4v) is 2.98. The van der Waals surface area contributed by atoms with Gasteiger partial charge in [-0.1, -0.05) is 74.5 Å². The van der Waals surface area contributed by atoms with Crippen LogP contribution in [0.3, 0.4) is 0 Å². The highest BCUT2D eigenvalue weighted by molar-refractivity contribution is 5.70. The summed E-state index contributed by atoms with van der Waals surface area (Å²) in [6, 6.07) is 24.7. The molecule has 0 aliphatic rings. The van der Waals surface area contributed by atoms with Crippen molar-refractivity contribution in [1.29, 1.82) is 0 Å². The molecule has 5 heteroatoms. The van der Waals surface area contributed by atoms with E-state index in [-0.39, 0.29) is 5.75 Å². The molecule has 0 saturated heterocycles. The van der Waals surface area contributed by atoms with Crippen LogP contribution < -0.4 is 4.74 Å². The number of phenolic OH excluding ortho intramolecular Hbond substituents is 1. The lowest BCUT2D eigenvalue weighted by molar-refractivity contribution is 0.270. The second-order valence-electron chi connectivity index (χ2n) is 7.42. The fourth-order valence-electron chi connectivity index (χ4n) is 2.98. The molecule has 4 aromatic rings. The van der Waals surface area contributed by atoms with E-state index in [4.69, 9.17) is 4.74 Å². The van der Waals surface area contributed by atoms with Crippen molar-refractivity contribution in [3.8, 4) is 45.7 Å². The highest BCUT2D eigenvalue weighted by Crippen LogP contribution is 2.32. The Balaban J connectivity index is 1.79. The summed E-state index contributed by atoms with van der Waals surface area (Å²) < 4.78 is 5.71. The zero-order chi connectivity index (χ0) is 20.9. The molecular formula is C25H23N3O2. The zero-order valence-electron chi connectivity index (χ0n) is 17.0. The molecule has 0 fully saturated rings.